The number of rotatable bonds is 8. The standard InChI is InChI=1S/C27H32N6O3/c1-4-36-26(35)21-6-9-23(10-7-21)31-14-16-32(17-15-31)24-11-8-22(18-30-24)25(34)33(19-20(2)3)27-28-12-5-13-29-27/h5-13,18,20H,4,14-17,19H2,1-3H3. The van der Waals surface area contributed by atoms with Crippen LogP contribution in [0.4, 0.5) is 17.5 Å². The van der Waals surface area contributed by atoms with Crippen LogP contribution in [0.25, 0.3) is 0 Å². The molecule has 3 aromatic rings. The molecular formula is C27H32N6O3. The van der Waals surface area contributed by atoms with E-state index in [1.54, 1.807) is 48.6 Å². The number of nitrogens with zero attached hydrogens (tertiary/aromatic N) is 6. The summed E-state index contributed by atoms with van der Waals surface area (Å²) in [6.07, 6.45) is 4.91. The second-order valence-corrected chi connectivity index (χ2v) is 9.00. The smallest absolute Gasteiger partial charge is 0.338 e. The fourth-order valence-corrected chi connectivity index (χ4v) is 4.12. The lowest BCUT2D eigenvalue weighted by Crippen LogP contribution is -2.46. The lowest BCUT2D eigenvalue weighted by atomic mass is 10.1. The molecule has 9 heteroatoms. The summed E-state index contributed by atoms with van der Waals surface area (Å²) in [5.74, 6) is 1.04. The summed E-state index contributed by atoms with van der Waals surface area (Å²) in [6.45, 7) is 10.1. The summed E-state index contributed by atoms with van der Waals surface area (Å²) in [7, 11) is 0. The van der Waals surface area contributed by atoms with E-state index in [0.29, 0.717) is 30.2 Å². The summed E-state index contributed by atoms with van der Waals surface area (Å²) >= 11 is 0. The van der Waals surface area contributed by atoms with E-state index in [0.717, 1.165) is 37.7 Å². The number of anilines is 3. The van der Waals surface area contributed by atoms with Gasteiger partial charge >= 0.3 is 5.97 Å². The third kappa shape index (κ3) is 5.97. The number of piperazine rings is 1. The van der Waals surface area contributed by atoms with Crippen molar-refractivity contribution in [3.63, 3.8) is 0 Å². The van der Waals surface area contributed by atoms with Gasteiger partial charge in [0.2, 0.25) is 5.95 Å². The Kier molecular flexibility index (Phi) is 8.10. The number of carbonyl (C=O) groups is 2. The van der Waals surface area contributed by atoms with Crippen LogP contribution in [0, 0.1) is 5.92 Å². The van der Waals surface area contributed by atoms with Crippen molar-refractivity contribution in [3.05, 3.63) is 72.2 Å². The lowest BCUT2D eigenvalue weighted by molar-refractivity contribution is 0.0526. The number of esters is 1. The molecule has 2 aromatic heterocycles. The van der Waals surface area contributed by atoms with Crippen LogP contribution in [0.3, 0.4) is 0 Å². The van der Waals surface area contributed by atoms with Crippen molar-refractivity contribution >= 4 is 29.3 Å². The first kappa shape index (κ1) is 25.1. The van der Waals surface area contributed by atoms with Gasteiger partial charge < -0.3 is 14.5 Å². The Labute approximate surface area is 211 Å². The minimum atomic E-state index is -0.300. The zero-order valence-electron chi connectivity index (χ0n) is 21.0. The average molecular weight is 489 g/mol. The molecule has 9 nitrogen and oxygen atoms in total. The fraction of sp³-hybridized carbons (Fsp3) is 0.370. The zero-order valence-corrected chi connectivity index (χ0v) is 21.0. The van der Waals surface area contributed by atoms with Crippen molar-refractivity contribution in [2.24, 2.45) is 5.92 Å². The minimum absolute atomic E-state index is 0.162. The highest BCUT2D eigenvalue weighted by Gasteiger charge is 2.23. The zero-order chi connectivity index (χ0) is 25.5. The van der Waals surface area contributed by atoms with E-state index >= 15 is 0 Å². The van der Waals surface area contributed by atoms with Crippen molar-refractivity contribution in [1.82, 2.24) is 15.0 Å². The van der Waals surface area contributed by atoms with E-state index in [4.69, 9.17) is 4.74 Å². The summed E-state index contributed by atoms with van der Waals surface area (Å²) in [5, 5.41) is 0. The highest BCUT2D eigenvalue weighted by atomic mass is 16.5. The normalized spacial score (nSPS) is 13.6. The molecule has 1 aromatic carbocycles. The molecule has 0 bridgehead atoms. The third-order valence-corrected chi connectivity index (χ3v) is 5.93. The van der Waals surface area contributed by atoms with E-state index < -0.39 is 0 Å². The Hall–Kier alpha value is -4.01. The molecule has 1 aliphatic rings. The van der Waals surface area contributed by atoms with Crippen molar-refractivity contribution in [1.29, 1.82) is 0 Å². The van der Waals surface area contributed by atoms with Gasteiger partial charge in [0.25, 0.3) is 5.91 Å². The van der Waals surface area contributed by atoms with Gasteiger partial charge in [-0.1, -0.05) is 13.8 Å². The van der Waals surface area contributed by atoms with Crippen LogP contribution in [0.15, 0.2) is 61.1 Å². The molecule has 1 fully saturated rings. The number of ether oxygens (including phenoxy) is 1. The maximum atomic E-state index is 13.2. The molecule has 36 heavy (non-hydrogen) atoms. The van der Waals surface area contributed by atoms with Gasteiger partial charge in [-0.25, -0.2) is 19.7 Å². The molecule has 0 spiro atoms. The van der Waals surface area contributed by atoms with Crippen LogP contribution in [0.1, 0.15) is 41.5 Å². The lowest BCUT2D eigenvalue weighted by Gasteiger charge is -2.36. The van der Waals surface area contributed by atoms with E-state index in [9.17, 15) is 9.59 Å². The fourth-order valence-electron chi connectivity index (χ4n) is 4.12. The predicted molar refractivity (Wildman–Crippen MR) is 140 cm³/mol. The van der Waals surface area contributed by atoms with Gasteiger partial charge in [-0.2, -0.15) is 0 Å². The molecule has 188 valence electrons. The maximum absolute atomic E-state index is 13.2. The summed E-state index contributed by atoms with van der Waals surface area (Å²) in [5.41, 5.74) is 2.14. The SMILES string of the molecule is CCOC(=O)c1ccc(N2CCN(c3ccc(C(=O)N(CC(C)C)c4ncccn4)cn3)CC2)cc1. The third-order valence-electron chi connectivity index (χ3n) is 5.93. The number of aromatic nitrogens is 3. The Morgan fingerprint density at radius 3 is 2.14 bits per heavy atom. The van der Waals surface area contributed by atoms with Crippen molar-refractivity contribution in [3.8, 4) is 0 Å². The second kappa shape index (κ2) is 11.6. The van der Waals surface area contributed by atoms with Gasteiger partial charge in [-0.3, -0.25) is 9.69 Å². The largest absolute Gasteiger partial charge is 0.462 e. The van der Waals surface area contributed by atoms with Gasteiger partial charge in [-0.15, -0.1) is 0 Å². The van der Waals surface area contributed by atoms with Crippen molar-refractivity contribution in [2.45, 2.75) is 20.8 Å². The number of carbonyl (C=O) groups excluding carboxylic acids is 2. The minimum Gasteiger partial charge on any atom is -0.462 e. The predicted octanol–water partition coefficient (Wildman–Crippen LogP) is 3.68. The highest BCUT2D eigenvalue weighted by molar-refractivity contribution is 6.05. The van der Waals surface area contributed by atoms with E-state index in [1.165, 1.54) is 0 Å². The quantitative estimate of drug-likeness (QED) is 0.444. The van der Waals surface area contributed by atoms with Crippen LogP contribution in [0.2, 0.25) is 0 Å². The number of pyridine rings is 1. The highest BCUT2D eigenvalue weighted by Crippen LogP contribution is 2.21. The molecule has 1 amide bonds. The Bertz CT molecular complexity index is 1140. The molecule has 1 saturated heterocycles. The van der Waals surface area contributed by atoms with Crippen LogP contribution in [-0.4, -0.2) is 66.2 Å². The maximum Gasteiger partial charge on any atom is 0.338 e. The summed E-state index contributed by atoms with van der Waals surface area (Å²) in [6, 6.07) is 13.0. The molecule has 0 unspecified atom stereocenters. The molecule has 0 radical (unpaired) electrons. The van der Waals surface area contributed by atoms with Gasteiger partial charge in [-0.05, 0) is 55.3 Å². The molecule has 0 aliphatic carbocycles. The average Bonchev–Trinajstić information content (AvgIpc) is 2.92. The Morgan fingerprint density at radius 2 is 1.56 bits per heavy atom. The number of hydrogen-bond acceptors (Lipinski definition) is 8. The second-order valence-electron chi connectivity index (χ2n) is 9.00. The number of hydrogen-bond donors (Lipinski definition) is 0. The van der Waals surface area contributed by atoms with Gasteiger partial charge in [0, 0.05) is 57.0 Å². The van der Waals surface area contributed by atoms with Crippen LogP contribution < -0.4 is 14.7 Å². The molecule has 1 aliphatic heterocycles. The first-order chi connectivity index (χ1) is 17.5. The topological polar surface area (TPSA) is 91.8 Å². The molecule has 0 saturated carbocycles. The molecule has 0 atom stereocenters. The summed E-state index contributed by atoms with van der Waals surface area (Å²) in [4.78, 5) is 44.3. The Morgan fingerprint density at radius 1 is 0.917 bits per heavy atom. The Balaban J connectivity index is 1.38. The van der Waals surface area contributed by atoms with Crippen LogP contribution >= 0.6 is 0 Å². The summed E-state index contributed by atoms with van der Waals surface area (Å²) < 4.78 is 5.06. The molecule has 4 rings (SSSR count). The first-order valence-corrected chi connectivity index (χ1v) is 12.3. The van der Waals surface area contributed by atoms with Gasteiger partial charge in [0.05, 0.1) is 17.7 Å². The van der Waals surface area contributed by atoms with Crippen molar-refractivity contribution < 1.29 is 14.3 Å². The van der Waals surface area contributed by atoms with Gasteiger partial charge in [0.1, 0.15) is 5.82 Å². The number of benzene rings is 1. The first-order valence-electron chi connectivity index (χ1n) is 12.3. The molecular weight excluding hydrogens is 456 g/mol. The van der Waals surface area contributed by atoms with Crippen LogP contribution in [0.5, 0.6) is 0 Å². The van der Waals surface area contributed by atoms with E-state index in [2.05, 4.69) is 38.6 Å². The van der Waals surface area contributed by atoms with Gasteiger partial charge in [0.15, 0.2) is 0 Å². The molecule has 0 N–H and O–H groups in total. The van der Waals surface area contributed by atoms with E-state index in [1.807, 2.05) is 24.3 Å². The van der Waals surface area contributed by atoms with E-state index in [-0.39, 0.29) is 17.8 Å². The van der Waals surface area contributed by atoms with Crippen LogP contribution in [-0.2, 0) is 4.74 Å². The monoisotopic (exact) mass is 488 g/mol. The molecule has 3 heterocycles. The van der Waals surface area contributed by atoms with Crippen molar-refractivity contribution in [2.75, 3.05) is 54.0 Å². The number of amides is 1.